The topological polar surface area (TPSA) is 60.2 Å². The van der Waals surface area contributed by atoms with Gasteiger partial charge in [0, 0.05) is 22.9 Å². The Labute approximate surface area is 95.6 Å². The number of alkyl halides is 1. The SMILES string of the molecule is CC(C=O)c1ccc(CBr)cc1[N+](=O)[O-]. The van der Waals surface area contributed by atoms with E-state index in [4.69, 9.17) is 0 Å². The standard InChI is InChI=1S/C10H10BrNO3/c1-7(6-13)9-3-2-8(5-11)4-10(9)12(14)15/h2-4,6-7H,5H2,1H3. The van der Waals surface area contributed by atoms with Crippen molar-refractivity contribution in [3.05, 3.63) is 39.4 Å². The highest BCUT2D eigenvalue weighted by Crippen LogP contribution is 2.27. The van der Waals surface area contributed by atoms with Crippen molar-refractivity contribution in [1.82, 2.24) is 0 Å². The summed E-state index contributed by atoms with van der Waals surface area (Å²) in [4.78, 5) is 20.9. The van der Waals surface area contributed by atoms with Crippen molar-refractivity contribution in [1.29, 1.82) is 0 Å². The van der Waals surface area contributed by atoms with E-state index in [1.807, 2.05) is 0 Å². The van der Waals surface area contributed by atoms with Crippen LogP contribution >= 0.6 is 15.9 Å². The first-order valence-corrected chi connectivity index (χ1v) is 5.50. The number of benzene rings is 1. The Balaban J connectivity index is 3.26. The number of carbonyl (C=O) groups excluding carboxylic acids is 1. The van der Waals surface area contributed by atoms with E-state index in [0.717, 1.165) is 5.56 Å². The second kappa shape index (κ2) is 5.02. The Morgan fingerprint density at radius 1 is 1.60 bits per heavy atom. The second-order valence-corrected chi connectivity index (χ2v) is 3.77. The summed E-state index contributed by atoms with van der Waals surface area (Å²) in [5.41, 5.74) is 1.29. The molecule has 0 fully saturated rings. The van der Waals surface area contributed by atoms with Crippen molar-refractivity contribution >= 4 is 27.9 Å². The Morgan fingerprint density at radius 3 is 2.73 bits per heavy atom. The van der Waals surface area contributed by atoms with Crippen molar-refractivity contribution in [2.75, 3.05) is 0 Å². The van der Waals surface area contributed by atoms with Crippen molar-refractivity contribution < 1.29 is 9.72 Å². The molecule has 1 unspecified atom stereocenters. The molecule has 0 heterocycles. The summed E-state index contributed by atoms with van der Waals surface area (Å²) in [6.45, 7) is 1.64. The first-order chi connectivity index (χ1) is 7.10. The average Bonchev–Trinajstić information content (AvgIpc) is 2.27. The number of halogens is 1. The number of hydrogen-bond donors (Lipinski definition) is 0. The quantitative estimate of drug-likeness (QED) is 0.366. The molecule has 0 aromatic heterocycles. The molecule has 1 aromatic rings. The molecule has 1 atom stereocenters. The third-order valence-electron chi connectivity index (χ3n) is 2.14. The molecular weight excluding hydrogens is 262 g/mol. The lowest BCUT2D eigenvalue weighted by Gasteiger charge is -2.06. The molecule has 80 valence electrons. The van der Waals surface area contributed by atoms with Crippen LogP contribution in [0.3, 0.4) is 0 Å². The lowest BCUT2D eigenvalue weighted by atomic mass is 9.99. The van der Waals surface area contributed by atoms with Crippen molar-refractivity contribution in [3.8, 4) is 0 Å². The van der Waals surface area contributed by atoms with Crippen LogP contribution in [0, 0.1) is 10.1 Å². The van der Waals surface area contributed by atoms with Crippen molar-refractivity contribution in [2.45, 2.75) is 18.2 Å². The van der Waals surface area contributed by atoms with Gasteiger partial charge in [0.25, 0.3) is 5.69 Å². The van der Waals surface area contributed by atoms with Crippen LogP contribution in [0.25, 0.3) is 0 Å². The van der Waals surface area contributed by atoms with Crippen molar-refractivity contribution in [2.24, 2.45) is 0 Å². The van der Waals surface area contributed by atoms with Crippen LogP contribution in [0.5, 0.6) is 0 Å². The molecule has 0 radical (unpaired) electrons. The zero-order valence-electron chi connectivity index (χ0n) is 8.14. The van der Waals surface area contributed by atoms with E-state index in [-0.39, 0.29) is 5.69 Å². The molecule has 0 N–H and O–H groups in total. The van der Waals surface area contributed by atoms with E-state index in [0.29, 0.717) is 17.2 Å². The van der Waals surface area contributed by atoms with Gasteiger partial charge in [0.05, 0.1) is 4.92 Å². The fourth-order valence-electron chi connectivity index (χ4n) is 1.29. The van der Waals surface area contributed by atoms with Crippen LogP contribution in [-0.2, 0) is 10.1 Å². The maximum atomic E-state index is 10.8. The monoisotopic (exact) mass is 271 g/mol. The average molecular weight is 272 g/mol. The molecule has 0 amide bonds. The zero-order chi connectivity index (χ0) is 11.4. The summed E-state index contributed by atoms with van der Waals surface area (Å²) in [6.07, 6.45) is 0.705. The predicted molar refractivity (Wildman–Crippen MR) is 60.2 cm³/mol. The summed E-state index contributed by atoms with van der Waals surface area (Å²) < 4.78 is 0. The van der Waals surface area contributed by atoms with Crippen LogP contribution < -0.4 is 0 Å². The number of nitrogens with zero attached hydrogens (tertiary/aromatic N) is 1. The number of hydrogen-bond acceptors (Lipinski definition) is 3. The van der Waals surface area contributed by atoms with Gasteiger partial charge in [-0.25, -0.2) is 0 Å². The van der Waals surface area contributed by atoms with Gasteiger partial charge in [-0.05, 0) is 5.56 Å². The number of rotatable bonds is 4. The lowest BCUT2D eigenvalue weighted by molar-refractivity contribution is -0.385. The van der Waals surface area contributed by atoms with E-state index >= 15 is 0 Å². The molecule has 4 nitrogen and oxygen atoms in total. The minimum absolute atomic E-state index is 0.00606. The molecule has 0 spiro atoms. The maximum absolute atomic E-state index is 10.8. The maximum Gasteiger partial charge on any atom is 0.273 e. The summed E-state index contributed by atoms with van der Waals surface area (Å²) >= 11 is 3.23. The van der Waals surface area contributed by atoms with Gasteiger partial charge in [0.15, 0.2) is 0 Å². The fraction of sp³-hybridized carbons (Fsp3) is 0.300. The summed E-state index contributed by atoms with van der Waals surface area (Å²) in [7, 11) is 0. The Morgan fingerprint density at radius 2 is 2.27 bits per heavy atom. The molecule has 0 aliphatic carbocycles. The normalized spacial score (nSPS) is 12.1. The minimum Gasteiger partial charge on any atom is -0.303 e. The van der Waals surface area contributed by atoms with Crippen molar-refractivity contribution in [3.63, 3.8) is 0 Å². The number of carbonyl (C=O) groups is 1. The molecule has 0 aliphatic heterocycles. The molecule has 0 saturated heterocycles. The highest BCUT2D eigenvalue weighted by molar-refractivity contribution is 9.08. The Kier molecular flexibility index (Phi) is 3.96. The highest BCUT2D eigenvalue weighted by atomic mass is 79.9. The van der Waals surface area contributed by atoms with Crippen LogP contribution in [0.1, 0.15) is 24.0 Å². The Hall–Kier alpha value is -1.23. The van der Waals surface area contributed by atoms with E-state index in [1.54, 1.807) is 19.1 Å². The van der Waals surface area contributed by atoms with E-state index in [9.17, 15) is 14.9 Å². The van der Waals surface area contributed by atoms with Gasteiger partial charge in [0.2, 0.25) is 0 Å². The van der Waals surface area contributed by atoms with Crippen LogP contribution in [-0.4, -0.2) is 11.2 Å². The Bertz CT molecular complexity index is 392. The predicted octanol–water partition coefficient (Wildman–Crippen LogP) is 2.79. The molecule has 1 aromatic carbocycles. The van der Waals surface area contributed by atoms with E-state index in [1.165, 1.54) is 6.07 Å². The van der Waals surface area contributed by atoms with Crippen LogP contribution in [0.2, 0.25) is 0 Å². The molecule has 5 heteroatoms. The molecule has 0 aliphatic rings. The molecule has 0 saturated carbocycles. The van der Waals surface area contributed by atoms with Gasteiger partial charge < -0.3 is 4.79 Å². The van der Waals surface area contributed by atoms with E-state index < -0.39 is 10.8 Å². The first-order valence-electron chi connectivity index (χ1n) is 4.38. The lowest BCUT2D eigenvalue weighted by Crippen LogP contribution is -2.01. The van der Waals surface area contributed by atoms with Crippen LogP contribution in [0.4, 0.5) is 5.69 Å². The summed E-state index contributed by atoms with van der Waals surface area (Å²) in [5, 5.41) is 11.3. The van der Waals surface area contributed by atoms with Gasteiger partial charge in [-0.15, -0.1) is 0 Å². The van der Waals surface area contributed by atoms with E-state index in [2.05, 4.69) is 15.9 Å². The highest BCUT2D eigenvalue weighted by Gasteiger charge is 2.18. The third-order valence-corrected chi connectivity index (χ3v) is 2.79. The second-order valence-electron chi connectivity index (χ2n) is 3.21. The summed E-state index contributed by atoms with van der Waals surface area (Å²) in [6, 6.07) is 4.90. The van der Waals surface area contributed by atoms with Gasteiger partial charge in [-0.1, -0.05) is 35.0 Å². The summed E-state index contributed by atoms with van der Waals surface area (Å²) in [5.74, 6) is -0.449. The smallest absolute Gasteiger partial charge is 0.273 e. The van der Waals surface area contributed by atoms with Crippen LogP contribution in [0.15, 0.2) is 18.2 Å². The molecule has 0 bridgehead atoms. The molecule has 15 heavy (non-hydrogen) atoms. The minimum atomic E-state index is -0.457. The first kappa shape index (κ1) is 11.8. The largest absolute Gasteiger partial charge is 0.303 e. The third kappa shape index (κ3) is 2.62. The van der Waals surface area contributed by atoms with Gasteiger partial charge in [-0.3, -0.25) is 10.1 Å². The zero-order valence-corrected chi connectivity index (χ0v) is 9.73. The van der Waals surface area contributed by atoms with Gasteiger partial charge in [-0.2, -0.15) is 0 Å². The fourth-order valence-corrected chi connectivity index (χ4v) is 1.64. The number of nitro benzene ring substituents is 1. The number of nitro groups is 1. The molecular formula is C10H10BrNO3. The van der Waals surface area contributed by atoms with Gasteiger partial charge >= 0.3 is 0 Å². The molecule has 1 rings (SSSR count). The van der Waals surface area contributed by atoms with Gasteiger partial charge in [0.1, 0.15) is 6.29 Å². The number of aldehydes is 1.